The fourth-order valence-corrected chi connectivity index (χ4v) is 4.91. The molecule has 0 saturated carbocycles. The smallest absolute Gasteiger partial charge is 0.231 e. The van der Waals surface area contributed by atoms with Gasteiger partial charge < -0.3 is 24.8 Å². The van der Waals surface area contributed by atoms with Crippen molar-refractivity contribution in [3.8, 4) is 11.5 Å². The number of hydrogen-bond acceptors (Lipinski definition) is 5. The zero-order valence-corrected chi connectivity index (χ0v) is 15.0. The van der Waals surface area contributed by atoms with Crippen LogP contribution < -0.4 is 19.7 Å². The van der Waals surface area contributed by atoms with Gasteiger partial charge in [0.05, 0.1) is 6.61 Å². The van der Waals surface area contributed by atoms with Crippen molar-refractivity contribution in [3.05, 3.63) is 53.1 Å². The van der Waals surface area contributed by atoms with Gasteiger partial charge in [-0.1, -0.05) is 29.8 Å². The van der Waals surface area contributed by atoms with Crippen molar-refractivity contribution in [3.63, 3.8) is 0 Å². The second kappa shape index (κ2) is 6.34. The molecule has 0 bridgehead atoms. The third kappa shape index (κ3) is 2.54. The molecule has 0 aromatic heterocycles. The average Bonchev–Trinajstić information content (AvgIpc) is 3.36. The molecule has 0 aliphatic carbocycles. The highest BCUT2D eigenvalue weighted by atomic mass is 35.5. The van der Waals surface area contributed by atoms with Gasteiger partial charge in [0.2, 0.25) is 6.79 Å². The van der Waals surface area contributed by atoms with Gasteiger partial charge in [0.1, 0.15) is 0 Å². The van der Waals surface area contributed by atoms with Gasteiger partial charge in [0, 0.05) is 53.8 Å². The van der Waals surface area contributed by atoms with Crippen molar-refractivity contribution in [1.82, 2.24) is 5.32 Å². The Morgan fingerprint density at radius 3 is 2.58 bits per heavy atom. The fraction of sp³-hybridized carbons (Fsp3) is 0.400. The Balaban J connectivity index is 1.47. The summed E-state index contributed by atoms with van der Waals surface area (Å²) in [6.07, 6.45) is 0. The Bertz CT molecular complexity index is 816. The third-order valence-electron chi connectivity index (χ3n) is 5.90. The molecule has 6 heteroatoms. The lowest BCUT2D eigenvalue weighted by molar-refractivity contribution is 0.174. The minimum absolute atomic E-state index is 0.0696. The van der Waals surface area contributed by atoms with Gasteiger partial charge in [-0.25, -0.2) is 0 Å². The molecule has 5 rings (SSSR count). The molecule has 136 valence electrons. The maximum absolute atomic E-state index is 9.90. The zero-order chi connectivity index (χ0) is 17.7. The average molecular weight is 373 g/mol. The van der Waals surface area contributed by atoms with Gasteiger partial charge in [0.25, 0.3) is 0 Å². The molecule has 0 amide bonds. The molecule has 0 unspecified atom stereocenters. The minimum Gasteiger partial charge on any atom is -0.454 e. The largest absolute Gasteiger partial charge is 0.454 e. The molecule has 3 heterocycles. The van der Waals surface area contributed by atoms with Crippen molar-refractivity contribution in [2.75, 3.05) is 31.4 Å². The van der Waals surface area contributed by atoms with Crippen LogP contribution in [0.1, 0.15) is 11.6 Å². The van der Waals surface area contributed by atoms with E-state index in [9.17, 15) is 5.11 Å². The number of fused-ring (bicyclic) bond motifs is 2. The molecule has 3 aliphatic rings. The molecule has 2 N–H and O–H groups in total. The number of hydrogen-bond donors (Lipinski definition) is 2. The number of aliphatic hydroxyl groups is 1. The number of para-hydroxylation sites is 1. The highest BCUT2D eigenvalue weighted by molar-refractivity contribution is 6.31. The standard InChI is InChI=1S/C20H21ClN2O3/c21-16-7-19-18(25-11-26-19)6-13(16)20-15-9-23(12-4-2-1-3-5-12)8-14(15)17(10-24)22-20/h1-7,14-15,17,20,22,24H,8-11H2/t14-,15+,17-,20+/m0/s1. The molecule has 2 fully saturated rings. The van der Waals surface area contributed by atoms with Gasteiger partial charge in [-0.15, -0.1) is 0 Å². The van der Waals surface area contributed by atoms with E-state index in [-0.39, 0.29) is 25.5 Å². The Hall–Kier alpha value is -1.95. The van der Waals surface area contributed by atoms with Crippen molar-refractivity contribution < 1.29 is 14.6 Å². The van der Waals surface area contributed by atoms with Gasteiger partial charge >= 0.3 is 0 Å². The first-order valence-electron chi connectivity index (χ1n) is 9.00. The summed E-state index contributed by atoms with van der Waals surface area (Å²) in [5.74, 6) is 2.20. The van der Waals surface area contributed by atoms with E-state index >= 15 is 0 Å². The maximum Gasteiger partial charge on any atom is 0.231 e. The summed E-state index contributed by atoms with van der Waals surface area (Å²) in [5.41, 5.74) is 2.26. The number of anilines is 1. The van der Waals surface area contributed by atoms with Crippen molar-refractivity contribution in [2.24, 2.45) is 11.8 Å². The third-order valence-corrected chi connectivity index (χ3v) is 6.22. The minimum atomic E-state index is 0.0696. The Morgan fingerprint density at radius 1 is 1.08 bits per heavy atom. The van der Waals surface area contributed by atoms with Crippen LogP contribution in [0.3, 0.4) is 0 Å². The van der Waals surface area contributed by atoms with E-state index in [0.29, 0.717) is 22.6 Å². The quantitative estimate of drug-likeness (QED) is 0.867. The highest BCUT2D eigenvalue weighted by Crippen LogP contribution is 2.47. The van der Waals surface area contributed by atoms with Crippen LogP contribution >= 0.6 is 11.6 Å². The van der Waals surface area contributed by atoms with Crippen molar-refractivity contribution in [1.29, 1.82) is 0 Å². The number of benzene rings is 2. The molecule has 2 aromatic rings. The monoisotopic (exact) mass is 372 g/mol. The van der Waals surface area contributed by atoms with Crippen LogP contribution in [0.25, 0.3) is 0 Å². The molecule has 4 atom stereocenters. The lowest BCUT2D eigenvalue weighted by atomic mass is 9.87. The number of nitrogens with one attached hydrogen (secondary N) is 1. The molecule has 26 heavy (non-hydrogen) atoms. The number of nitrogens with zero attached hydrogens (tertiary/aromatic N) is 1. The van der Waals surface area contributed by atoms with Gasteiger partial charge in [0.15, 0.2) is 11.5 Å². The molecular formula is C20H21ClN2O3. The number of halogens is 1. The fourth-order valence-electron chi connectivity index (χ4n) is 4.64. The van der Waals surface area contributed by atoms with Crippen LogP contribution in [0.4, 0.5) is 5.69 Å². The first-order valence-corrected chi connectivity index (χ1v) is 9.38. The van der Waals surface area contributed by atoms with Crippen LogP contribution in [0.5, 0.6) is 11.5 Å². The van der Waals surface area contributed by atoms with Crippen LogP contribution in [-0.2, 0) is 0 Å². The molecule has 0 spiro atoms. The molecular weight excluding hydrogens is 352 g/mol. The Labute approximate surface area is 157 Å². The lowest BCUT2D eigenvalue weighted by Crippen LogP contribution is -2.36. The number of ether oxygens (including phenoxy) is 2. The zero-order valence-electron chi connectivity index (χ0n) is 14.3. The molecule has 3 aliphatic heterocycles. The van der Waals surface area contributed by atoms with Crippen LogP contribution in [0.2, 0.25) is 5.02 Å². The lowest BCUT2D eigenvalue weighted by Gasteiger charge is -2.25. The van der Waals surface area contributed by atoms with Crippen LogP contribution in [-0.4, -0.2) is 37.6 Å². The predicted molar refractivity (Wildman–Crippen MR) is 100.0 cm³/mol. The van der Waals surface area contributed by atoms with Crippen LogP contribution in [0.15, 0.2) is 42.5 Å². The second-order valence-corrected chi connectivity index (χ2v) is 7.64. The van der Waals surface area contributed by atoms with E-state index in [2.05, 4.69) is 34.5 Å². The maximum atomic E-state index is 9.90. The summed E-state index contributed by atoms with van der Waals surface area (Å²) in [6.45, 7) is 2.24. The summed E-state index contributed by atoms with van der Waals surface area (Å²) < 4.78 is 11.0. The SMILES string of the molecule is OC[C@@H]1N[C@H](c2cc3c(cc2Cl)OCO3)[C@@H]2CN(c3ccccc3)C[C@@H]21. The summed E-state index contributed by atoms with van der Waals surface area (Å²) >= 11 is 6.57. The topological polar surface area (TPSA) is 54.0 Å². The van der Waals surface area contributed by atoms with E-state index in [1.807, 2.05) is 18.2 Å². The summed E-state index contributed by atoms with van der Waals surface area (Å²) in [5, 5.41) is 14.2. The Morgan fingerprint density at radius 2 is 1.81 bits per heavy atom. The molecule has 5 nitrogen and oxygen atoms in total. The number of rotatable bonds is 3. The second-order valence-electron chi connectivity index (χ2n) is 7.23. The normalized spacial score (nSPS) is 29.2. The highest BCUT2D eigenvalue weighted by Gasteiger charge is 2.49. The van der Waals surface area contributed by atoms with E-state index < -0.39 is 0 Å². The summed E-state index contributed by atoms with van der Waals surface area (Å²) in [7, 11) is 0. The van der Waals surface area contributed by atoms with E-state index in [1.54, 1.807) is 0 Å². The van der Waals surface area contributed by atoms with Crippen molar-refractivity contribution in [2.45, 2.75) is 12.1 Å². The van der Waals surface area contributed by atoms with E-state index in [0.717, 1.165) is 24.4 Å². The van der Waals surface area contributed by atoms with Gasteiger partial charge in [-0.3, -0.25) is 0 Å². The predicted octanol–water partition coefficient (Wildman–Crippen LogP) is 2.83. The van der Waals surface area contributed by atoms with E-state index in [1.165, 1.54) is 5.69 Å². The van der Waals surface area contributed by atoms with Crippen LogP contribution in [0, 0.1) is 11.8 Å². The number of aliphatic hydroxyl groups excluding tert-OH is 1. The summed E-state index contributed by atoms with van der Waals surface area (Å²) in [4.78, 5) is 2.41. The van der Waals surface area contributed by atoms with Gasteiger partial charge in [-0.2, -0.15) is 0 Å². The first kappa shape index (κ1) is 16.2. The molecule has 2 aromatic carbocycles. The Kier molecular flexibility index (Phi) is 3.96. The molecule has 2 saturated heterocycles. The van der Waals surface area contributed by atoms with Crippen molar-refractivity contribution >= 4 is 17.3 Å². The van der Waals surface area contributed by atoms with E-state index in [4.69, 9.17) is 21.1 Å². The first-order chi connectivity index (χ1) is 12.7. The summed E-state index contributed by atoms with van der Waals surface area (Å²) in [6, 6.07) is 14.4. The van der Waals surface area contributed by atoms with Gasteiger partial charge in [-0.05, 0) is 23.8 Å². The molecule has 0 radical (unpaired) electrons.